The third-order valence-corrected chi connectivity index (χ3v) is 4.71. The van der Waals surface area contributed by atoms with E-state index in [4.69, 9.17) is 4.74 Å². The van der Waals surface area contributed by atoms with Gasteiger partial charge in [-0.2, -0.15) is 5.10 Å². The predicted molar refractivity (Wildman–Crippen MR) is 85.3 cm³/mol. The Bertz CT molecular complexity index is 454. The van der Waals surface area contributed by atoms with Crippen molar-refractivity contribution in [2.45, 2.75) is 25.1 Å². The molecule has 1 fully saturated rings. The van der Waals surface area contributed by atoms with Crippen molar-refractivity contribution in [2.24, 2.45) is 0 Å². The van der Waals surface area contributed by atoms with E-state index < -0.39 is 6.10 Å². The number of nitrogens with zero attached hydrogens (tertiary/aromatic N) is 4. The maximum Gasteiger partial charge on any atom is 0.113 e. The molecule has 1 aliphatic rings. The van der Waals surface area contributed by atoms with Crippen LogP contribution in [0.2, 0.25) is 0 Å². The van der Waals surface area contributed by atoms with Gasteiger partial charge >= 0.3 is 0 Å². The molecule has 0 aromatic carbocycles. The molecule has 2 heterocycles. The number of hydrogen-bond acceptors (Lipinski definition) is 5. The lowest BCUT2D eigenvalue weighted by molar-refractivity contribution is 0.0492. The van der Waals surface area contributed by atoms with Crippen LogP contribution in [0.3, 0.4) is 0 Å². The van der Waals surface area contributed by atoms with Crippen molar-refractivity contribution in [1.82, 2.24) is 19.6 Å². The summed E-state index contributed by atoms with van der Waals surface area (Å²) in [5, 5.41) is 15.2. The van der Waals surface area contributed by atoms with Gasteiger partial charge < -0.3 is 14.7 Å². The second-order valence-corrected chi connectivity index (χ2v) is 6.56. The Balaban J connectivity index is 2.21. The molecular formula is C14H25BrN4O2. The van der Waals surface area contributed by atoms with Crippen LogP contribution < -0.4 is 0 Å². The summed E-state index contributed by atoms with van der Waals surface area (Å²) in [5.41, 5.74) is 0.833. The van der Waals surface area contributed by atoms with E-state index in [1.54, 1.807) is 13.3 Å². The highest BCUT2D eigenvalue weighted by atomic mass is 79.9. The molecule has 0 amide bonds. The number of aliphatic hydroxyl groups excluding tert-OH is 1. The van der Waals surface area contributed by atoms with Gasteiger partial charge in [0.15, 0.2) is 0 Å². The van der Waals surface area contributed by atoms with E-state index in [1.165, 1.54) is 0 Å². The van der Waals surface area contributed by atoms with Gasteiger partial charge in [-0.05, 0) is 49.5 Å². The molecular weight excluding hydrogens is 336 g/mol. The third kappa shape index (κ3) is 4.04. The molecule has 120 valence electrons. The lowest BCUT2D eigenvalue weighted by Gasteiger charge is -2.32. The number of methoxy groups -OCH3 is 1. The molecule has 2 unspecified atom stereocenters. The number of aliphatic hydroxyl groups is 1. The SMILES string of the molecule is COCCn1ncc(Br)c1C(O)C1CN(C)CCCN1C. The van der Waals surface area contributed by atoms with Crippen molar-refractivity contribution in [3.8, 4) is 0 Å². The summed E-state index contributed by atoms with van der Waals surface area (Å²) >= 11 is 3.51. The van der Waals surface area contributed by atoms with E-state index in [0.29, 0.717) is 13.2 Å². The summed E-state index contributed by atoms with van der Waals surface area (Å²) in [7, 11) is 5.86. The Morgan fingerprint density at radius 3 is 2.95 bits per heavy atom. The van der Waals surface area contributed by atoms with Crippen molar-refractivity contribution in [3.63, 3.8) is 0 Å². The summed E-state index contributed by atoms with van der Waals surface area (Å²) in [6, 6.07) is 0.0618. The summed E-state index contributed by atoms with van der Waals surface area (Å²) < 4.78 is 7.80. The van der Waals surface area contributed by atoms with E-state index in [9.17, 15) is 5.11 Å². The zero-order valence-corrected chi connectivity index (χ0v) is 14.6. The fourth-order valence-electron chi connectivity index (χ4n) is 2.85. The van der Waals surface area contributed by atoms with Gasteiger partial charge in [-0.3, -0.25) is 9.58 Å². The molecule has 0 bridgehead atoms. The lowest BCUT2D eigenvalue weighted by Crippen LogP contribution is -2.42. The van der Waals surface area contributed by atoms with E-state index >= 15 is 0 Å². The van der Waals surface area contributed by atoms with Gasteiger partial charge in [-0.1, -0.05) is 0 Å². The van der Waals surface area contributed by atoms with Crippen LogP contribution >= 0.6 is 15.9 Å². The molecule has 6 nitrogen and oxygen atoms in total. The van der Waals surface area contributed by atoms with Crippen molar-refractivity contribution < 1.29 is 9.84 Å². The molecule has 0 radical (unpaired) electrons. The number of rotatable bonds is 5. The zero-order valence-electron chi connectivity index (χ0n) is 13.0. The summed E-state index contributed by atoms with van der Waals surface area (Å²) in [4.78, 5) is 4.52. The monoisotopic (exact) mass is 360 g/mol. The highest BCUT2D eigenvalue weighted by molar-refractivity contribution is 9.10. The van der Waals surface area contributed by atoms with E-state index in [-0.39, 0.29) is 6.04 Å². The fraction of sp³-hybridized carbons (Fsp3) is 0.786. The number of halogens is 1. The molecule has 7 heteroatoms. The molecule has 2 atom stereocenters. The average Bonchev–Trinajstić information content (AvgIpc) is 2.73. The van der Waals surface area contributed by atoms with Gasteiger partial charge in [0, 0.05) is 13.7 Å². The molecule has 1 aromatic heterocycles. The van der Waals surface area contributed by atoms with Crippen LogP contribution in [0.5, 0.6) is 0 Å². The minimum absolute atomic E-state index is 0.0618. The average molecular weight is 361 g/mol. The van der Waals surface area contributed by atoms with Crippen LogP contribution in [0.1, 0.15) is 18.2 Å². The number of ether oxygens (including phenoxy) is 1. The maximum atomic E-state index is 10.9. The first-order chi connectivity index (χ1) is 10.0. The topological polar surface area (TPSA) is 53.8 Å². The molecule has 0 saturated carbocycles. The quantitative estimate of drug-likeness (QED) is 0.847. The van der Waals surface area contributed by atoms with Crippen LogP contribution in [0.15, 0.2) is 10.7 Å². The van der Waals surface area contributed by atoms with Crippen molar-refractivity contribution in [3.05, 3.63) is 16.4 Å². The lowest BCUT2D eigenvalue weighted by atomic mass is 10.1. The Kier molecular flexibility index (Phi) is 6.19. The van der Waals surface area contributed by atoms with E-state index in [2.05, 4.69) is 44.9 Å². The third-order valence-electron chi connectivity index (χ3n) is 4.10. The van der Waals surface area contributed by atoms with E-state index in [0.717, 1.165) is 36.2 Å². The molecule has 0 spiro atoms. The van der Waals surface area contributed by atoms with Crippen molar-refractivity contribution >= 4 is 15.9 Å². The van der Waals surface area contributed by atoms with Crippen LogP contribution in [0.4, 0.5) is 0 Å². The van der Waals surface area contributed by atoms with Crippen molar-refractivity contribution in [2.75, 3.05) is 47.4 Å². The minimum atomic E-state index is -0.579. The number of aromatic nitrogens is 2. The first-order valence-electron chi connectivity index (χ1n) is 7.31. The summed E-state index contributed by atoms with van der Waals surface area (Å²) in [6.07, 6.45) is 2.29. The van der Waals surface area contributed by atoms with Crippen molar-refractivity contribution in [1.29, 1.82) is 0 Å². The van der Waals surface area contributed by atoms with Gasteiger partial charge in [0.1, 0.15) is 6.10 Å². The maximum absolute atomic E-state index is 10.9. The first-order valence-corrected chi connectivity index (χ1v) is 8.11. The normalized spacial score (nSPS) is 23.2. The summed E-state index contributed by atoms with van der Waals surface area (Å²) in [5.74, 6) is 0. The molecule has 1 aromatic rings. The standard InChI is InChI=1S/C14H25BrN4O2/c1-17-5-4-6-18(2)12(10-17)14(20)13-11(15)9-16-19(13)7-8-21-3/h9,12,14,20H,4-8,10H2,1-3H3. The first kappa shape index (κ1) is 16.9. The van der Waals surface area contributed by atoms with Gasteiger partial charge in [0.05, 0.1) is 35.6 Å². The Morgan fingerprint density at radius 2 is 2.24 bits per heavy atom. The van der Waals surface area contributed by atoms with Gasteiger partial charge in [0.2, 0.25) is 0 Å². The smallest absolute Gasteiger partial charge is 0.113 e. The second-order valence-electron chi connectivity index (χ2n) is 5.70. The highest BCUT2D eigenvalue weighted by Gasteiger charge is 2.31. The van der Waals surface area contributed by atoms with Gasteiger partial charge in [-0.15, -0.1) is 0 Å². The molecule has 21 heavy (non-hydrogen) atoms. The minimum Gasteiger partial charge on any atom is -0.385 e. The van der Waals surface area contributed by atoms with Gasteiger partial charge in [0.25, 0.3) is 0 Å². The molecule has 2 rings (SSSR count). The Hall–Kier alpha value is -0.470. The predicted octanol–water partition coefficient (Wildman–Crippen LogP) is 0.961. The molecule has 1 aliphatic heterocycles. The number of hydrogen-bond donors (Lipinski definition) is 1. The number of likely N-dealkylation sites (N-methyl/N-ethyl adjacent to an activating group) is 2. The van der Waals surface area contributed by atoms with E-state index in [1.807, 2.05) is 4.68 Å². The molecule has 0 aliphatic carbocycles. The molecule has 1 N–H and O–H groups in total. The van der Waals surface area contributed by atoms with Gasteiger partial charge in [-0.25, -0.2) is 0 Å². The highest BCUT2D eigenvalue weighted by Crippen LogP contribution is 2.29. The second kappa shape index (κ2) is 7.69. The van der Waals surface area contributed by atoms with Crippen LogP contribution in [-0.2, 0) is 11.3 Å². The molecule has 1 saturated heterocycles. The van der Waals surface area contributed by atoms with Crippen LogP contribution in [-0.4, -0.2) is 78.2 Å². The largest absolute Gasteiger partial charge is 0.385 e. The van der Waals surface area contributed by atoms with Crippen LogP contribution in [0.25, 0.3) is 0 Å². The van der Waals surface area contributed by atoms with Crippen LogP contribution in [0, 0.1) is 0 Å². The zero-order chi connectivity index (χ0) is 15.4. The summed E-state index contributed by atoms with van der Waals surface area (Å²) in [6.45, 7) is 4.13. The Labute approximate surface area is 134 Å². The fourth-order valence-corrected chi connectivity index (χ4v) is 3.38. The Morgan fingerprint density at radius 1 is 1.48 bits per heavy atom.